The maximum absolute atomic E-state index is 12.2. The molecular weight excluding hydrogens is 294 g/mol. The summed E-state index contributed by atoms with van der Waals surface area (Å²) in [5.74, 6) is 2.04. The number of H-pyrrole nitrogens is 1. The zero-order chi connectivity index (χ0) is 15.8. The second-order valence-corrected chi connectivity index (χ2v) is 5.45. The molecule has 6 nitrogen and oxygen atoms in total. The van der Waals surface area contributed by atoms with Crippen molar-refractivity contribution in [1.29, 1.82) is 0 Å². The van der Waals surface area contributed by atoms with Gasteiger partial charge in [0.2, 0.25) is 12.7 Å². The largest absolute Gasteiger partial charge is 0.454 e. The van der Waals surface area contributed by atoms with Gasteiger partial charge in [0.05, 0.1) is 10.9 Å². The van der Waals surface area contributed by atoms with Gasteiger partial charge in [-0.05, 0) is 29.8 Å². The Kier molecular flexibility index (Phi) is 3.15. The summed E-state index contributed by atoms with van der Waals surface area (Å²) >= 11 is 0. The third-order valence-electron chi connectivity index (χ3n) is 3.82. The molecule has 0 spiro atoms. The maximum atomic E-state index is 12.2. The highest BCUT2D eigenvalue weighted by molar-refractivity contribution is 5.78. The van der Waals surface area contributed by atoms with E-state index in [2.05, 4.69) is 9.97 Å². The number of aromatic nitrogens is 2. The summed E-state index contributed by atoms with van der Waals surface area (Å²) in [6, 6.07) is 13.1. The number of nitrogens with zero attached hydrogens (tertiary/aromatic N) is 2. The lowest BCUT2D eigenvalue weighted by atomic mass is 10.2. The molecule has 2 heterocycles. The Bertz CT molecular complexity index is 936. The quantitative estimate of drug-likeness (QED) is 0.804. The third-order valence-corrected chi connectivity index (χ3v) is 3.82. The highest BCUT2D eigenvalue weighted by Gasteiger charge is 2.14. The molecule has 0 amide bonds. The first-order valence-electron chi connectivity index (χ1n) is 7.29. The van der Waals surface area contributed by atoms with Crippen LogP contribution < -0.4 is 19.9 Å². The molecule has 23 heavy (non-hydrogen) atoms. The minimum atomic E-state index is -0.136. The summed E-state index contributed by atoms with van der Waals surface area (Å²) in [7, 11) is 1.89. The minimum absolute atomic E-state index is 0.136. The molecule has 0 atom stereocenters. The lowest BCUT2D eigenvalue weighted by molar-refractivity contribution is 0.174. The Hall–Kier alpha value is -3.02. The molecule has 1 aliphatic heterocycles. The van der Waals surface area contributed by atoms with Gasteiger partial charge >= 0.3 is 0 Å². The second-order valence-electron chi connectivity index (χ2n) is 5.45. The van der Waals surface area contributed by atoms with Crippen LogP contribution in [0.2, 0.25) is 0 Å². The topological polar surface area (TPSA) is 67.5 Å². The van der Waals surface area contributed by atoms with E-state index in [1.807, 2.05) is 48.3 Å². The summed E-state index contributed by atoms with van der Waals surface area (Å²) in [5, 5.41) is 0.590. The standard InChI is InChI=1S/C17H15N3O3/c1-20(9-11-6-7-14-15(8-11)23-10-22-14)17-18-13-5-3-2-4-12(13)16(21)19-17/h2-8H,9-10H2,1H3,(H,18,19,21). The van der Waals surface area contributed by atoms with Crippen LogP contribution in [-0.4, -0.2) is 23.8 Å². The molecule has 1 N–H and O–H groups in total. The van der Waals surface area contributed by atoms with Crippen LogP contribution in [0.1, 0.15) is 5.56 Å². The average molecular weight is 309 g/mol. The number of para-hydroxylation sites is 1. The first-order chi connectivity index (χ1) is 11.2. The smallest absolute Gasteiger partial charge is 0.260 e. The number of hydrogen-bond donors (Lipinski definition) is 1. The van der Waals surface area contributed by atoms with Gasteiger partial charge in [0, 0.05) is 13.6 Å². The van der Waals surface area contributed by atoms with Gasteiger partial charge in [-0.1, -0.05) is 18.2 Å². The number of aromatic amines is 1. The van der Waals surface area contributed by atoms with Crippen molar-refractivity contribution in [2.45, 2.75) is 6.54 Å². The van der Waals surface area contributed by atoms with Crippen molar-refractivity contribution < 1.29 is 9.47 Å². The number of fused-ring (bicyclic) bond motifs is 2. The minimum Gasteiger partial charge on any atom is -0.454 e. The summed E-state index contributed by atoms with van der Waals surface area (Å²) < 4.78 is 10.7. The summed E-state index contributed by atoms with van der Waals surface area (Å²) in [6.45, 7) is 0.853. The van der Waals surface area contributed by atoms with E-state index >= 15 is 0 Å². The van der Waals surface area contributed by atoms with E-state index in [1.54, 1.807) is 6.07 Å². The Morgan fingerprint density at radius 2 is 2.00 bits per heavy atom. The lowest BCUT2D eigenvalue weighted by Crippen LogP contribution is -2.22. The van der Waals surface area contributed by atoms with Crippen LogP contribution in [0.15, 0.2) is 47.3 Å². The molecule has 1 aromatic heterocycles. The molecule has 0 aliphatic carbocycles. The van der Waals surface area contributed by atoms with E-state index in [9.17, 15) is 4.79 Å². The first kappa shape index (κ1) is 13.6. The zero-order valence-corrected chi connectivity index (χ0v) is 12.6. The maximum Gasteiger partial charge on any atom is 0.260 e. The van der Waals surface area contributed by atoms with Crippen molar-refractivity contribution >= 4 is 16.9 Å². The molecular formula is C17H15N3O3. The Morgan fingerprint density at radius 3 is 2.91 bits per heavy atom. The molecule has 1 aliphatic rings. The first-order valence-corrected chi connectivity index (χ1v) is 7.29. The molecule has 116 valence electrons. The van der Waals surface area contributed by atoms with Crippen molar-refractivity contribution in [3.8, 4) is 11.5 Å². The van der Waals surface area contributed by atoms with Crippen LogP contribution in [-0.2, 0) is 6.54 Å². The van der Waals surface area contributed by atoms with E-state index in [1.165, 1.54) is 0 Å². The van der Waals surface area contributed by atoms with E-state index < -0.39 is 0 Å². The van der Waals surface area contributed by atoms with Gasteiger partial charge in [-0.3, -0.25) is 9.78 Å². The van der Waals surface area contributed by atoms with Gasteiger partial charge in [0.1, 0.15) is 0 Å². The van der Waals surface area contributed by atoms with Gasteiger partial charge in [-0.25, -0.2) is 4.98 Å². The van der Waals surface area contributed by atoms with Crippen molar-refractivity contribution in [1.82, 2.24) is 9.97 Å². The number of anilines is 1. The molecule has 0 fully saturated rings. The molecule has 0 saturated carbocycles. The molecule has 0 unspecified atom stereocenters. The monoisotopic (exact) mass is 309 g/mol. The van der Waals surface area contributed by atoms with Crippen LogP contribution >= 0.6 is 0 Å². The molecule has 3 aromatic rings. The molecule has 0 saturated heterocycles. The van der Waals surface area contributed by atoms with Crippen molar-refractivity contribution in [3.63, 3.8) is 0 Å². The number of rotatable bonds is 3. The van der Waals surface area contributed by atoms with Crippen molar-refractivity contribution in [3.05, 3.63) is 58.4 Å². The van der Waals surface area contributed by atoms with Crippen molar-refractivity contribution in [2.24, 2.45) is 0 Å². The van der Waals surface area contributed by atoms with E-state index in [4.69, 9.17) is 9.47 Å². The van der Waals surface area contributed by atoms with Gasteiger partial charge < -0.3 is 14.4 Å². The Balaban J connectivity index is 1.64. The number of ether oxygens (including phenoxy) is 2. The summed E-state index contributed by atoms with van der Waals surface area (Å²) in [4.78, 5) is 21.4. The van der Waals surface area contributed by atoms with E-state index in [0.717, 1.165) is 17.1 Å². The summed E-state index contributed by atoms with van der Waals surface area (Å²) in [6.07, 6.45) is 0. The van der Waals surface area contributed by atoms with Gasteiger partial charge in [0.15, 0.2) is 11.5 Å². The van der Waals surface area contributed by atoms with Crippen LogP contribution in [0.25, 0.3) is 10.9 Å². The highest BCUT2D eigenvalue weighted by atomic mass is 16.7. The molecule has 2 aromatic carbocycles. The number of hydrogen-bond acceptors (Lipinski definition) is 5. The van der Waals surface area contributed by atoms with Crippen LogP contribution in [0.5, 0.6) is 11.5 Å². The fourth-order valence-electron chi connectivity index (χ4n) is 2.64. The van der Waals surface area contributed by atoms with E-state index in [-0.39, 0.29) is 12.4 Å². The van der Waals surface area contributed by atoms with Gasteiger partial charge in [-0.15, -0.1) is 0 Å². The van der Waals surface area contributed by atoms with Crippen LogP contribution in [0, 0.1) is 0 Å². The summed E-state index contributed by atoms with van der Waals surface area (Å²) in [5.41, 5.74) is 1.60. The van der Waals surface area contributed by atoms with Crippen molar-refractivity contribution in [2.75, 3.05) is 18.7 Å². The second kappa shape index (κ2) is 5.31. The lowest BCUT2D eigenvalue weighted by Gasteiger charge is -2.18. The Morgan fingerprint density at radius 1 is 1.17 bits per heavy atom. The Labute approximate surface area is 132 Å². The SMILES string of the molecule is CN(Cc1ccc2c(c1)OCO2)c1nc2ccccc2c(=O)[nH]1. The van der Waals surface area contributed by atoms with Gasteiger partial charge in [-0.2, -0.15) is 0 Å². The fraction of sp³-hybridized carbons (Fsp3) is 0.176. The zero-order valence-electron chi connectivity index (χ0n) is 12.6. The number of benzene rings is 2. The third kappa shape index (κ3) is 2.48. The molecule has 6 heteroatoms. The predicted octanol–water partition coefficient (Wildman–Crippen LogP) is 2.29. The molecule has 0 bridgehead atoms. The van der Waals surface area contributed by atoms with E-state index in [0.29, 0.717) is 23.4 Å². The van der Waals surface area contributed by atoms with Crippen LogP contribution in [0.4, 0.5) is 5.95 Å². The predicted molar refractivity (Wildman–Crippen MR) is 87.0 cm³/mol. The average Bonchev–Trinajstić information content (AvgIpc) is 3.02. The van der Waals surface area contributed by atoms with Crippen LogP contribution in [0.3, 0.4) is 0 Å². The van der Waals surface area contributed by atoms with Gasteiger partial charge in [0.25, 0.3) is 5.56 Å². The molecule has 0 radical (unpaired) electrons. The fourth-order valence-corrected chi connectivity index (χ4v) is 2.64. The highest BCUT2D eigenvalue weighted by Crippen LogP contribution is 2.32. The normalized spacial score (nSPS) is 12.6. The number of nitrogens with one attached hydrogen (secondary N) is 1. The molecule has 4 rings (SSSR count).